The molecule has 5 nitrogen and oxygen atoms in total. The summed E-state index contributed by atoms with van der Waals surface area (Å²) in [5, 5.41) is 10.1. The third-order valence-electron chi connectivity index (χ3n) is 3.54. The Morgan fingerprint density at radius 3 is 2.83 bits per heavy atom. The Kier molecular flexibility index (Phi) is 2.80. The second kappa shape index (κ2) is 4.33. The van der Waals surface area contributed by atoms with Gasteiger partial charge < -0.3 is 25.1 Å². The number of aliphatic hydroxyl groups is 1. The molecule has 18 heavy (non-hydrogen) atoms. The van der Waals surface area contributed by atoms with Crippen molar-refractivity contribution < 1.29 is 19.3 Å². The van der Waals surface area contributed by atoms with Gasteiger partial charge in [-0.25, -0.2) is 0 Å². The average molecular weight is 251 g/mol. The van der Waals surface area contributed by atoms with Crippen LogP contribution in [-0.4, -0.2) is 25.1 Å². The highest BCUT2D eigenvalue weighted by atomic mass is 16.7. The Morgan fingerprint density at radius 1 is 1.39 bits per heavy atom. The maximum atomic E-state index is 10.1. The molecule has 0 radical (unpaired) electrons. The number of hydrogen-bond acceptors (Lipinski definition) is 5. The molecule has 1 aliphatic heterocycles. The molecule has 3 rings (SSSR count). The molecule has 1 fully saturated rings. The van der Waals surface area contributed by atoms with Crippen LogP contribution in [0.15, 0.2) is 12.1 Å². The van der Waals surface area contributed by atoms with Crippen molar-refractivity contribution in [1.82, 2.24) is 0 Å². The standard InChI is InChI=1S/C13H17NO4/c1-16-9-4-8(5-10-13(9)18-6-17-10)11(14)12(15)7-2-3-7/h4-5,7,11-12,15H,2-3,6,14H2,1H3/t11-,12+/m0/s1. The predicted octanol–water partition coefficient (Wildman–Crippen LogP) is 1.19. The quantitative estimate of drug-likeness (QED) is 0.841. The summed E-state index contributed by atoms with van der Waals surface area (Å²) in [6.45, 7) is 0.190. The van der Waals surface area contributed by atoms with E-state index in [0.717, 1.165) is 18.4 Å². The molecule has 1 heterocycles. The zero-order chi connectivity index (χ0) is 12.7. The van der Waals surface area contributed by atoms with Crippen LogP contribution in [0.25, 0.3) is 0 Å². The first-order valence-corrected chi connectivity index (χ1v) is 6.12. The number of ether oxygens (including phenoxy) is 3. The first kappa shape index (κ1) is 11.6. The molecule has 0 saturated heterocycles. The van der Waals surface area contributed by atoms with Crippen molar-refractivity contribution in [3.05, 3.63) is 17.7 Å². The van der Waals surface area contributed by atoms with Crippen molar-refractivity contribution >= 4 is 0 Å². The van der Waals surface area contributed by atoms with Gasteiger partial charge in [0, 0.05) is 0 Å². The summed E-state index contributed by atoms with van der Waals surface area (Å²) in [7, 11) is 1.57. The molecule has 2 atom stereocenters. The van der Waals surface area contributed by atoms with Crippen molar-refractivity contribution in [3.63, 3.8) is 0 Å². The minimum absolute atomic E-state index is 0.190. The van der Waals surface area contributed by atoms with E-state index in [9.17, 15) is 5.11 Å². The second-order valence-corrected chi connectivity index (χ2v) is 4.81. The van der Waals surface area contributed by atoms with E-state index in [1.54, 1.807) is 7.11 Å². The van der Waals surface area contributed by atoms with Crippen LogP contribution in [0.1, 0.15) is 24.4 Å². The van der Waals surface area contributed by atoms with Crippen LogP contribution in [0.5, 0.6) is 17.2 Å². The minimum atomic E-state index is -0.505. The van der Waals surface area contributed by atoms with E-state index in [2.05, 4.69) is 0 Å². The molecule has 0 aromatic heterocycles. The van der Waals surface area contributed by atoms with E-state index in [1.165, 1.54) is 0 Å². The molecule has 98 valence electrons. The maximum absolute atomic E-state index is 10.1. The third-order valence-corrected chi connectivity index (χ3v) is 3.54. The van der Waals surface area contributed by atoms with E-state index in [4.69, 9.17) is 19.9 Å². The van der Waals surface area contributed by atoms with Gasteiger partial charge in [-0.1, -0.05) is 0 Å². The topological polar surface area (TPSA) is 73.9 Å². The van der Waals surface area contributed by atoms with Gasteiger partial charge in [0.1, 0.15) is 0 Å². The fourth-order valence-electron chi connectivity index (χ4n) is 2.27. The third kappa shape index (κ3) is 1.89. The Bertz CT molecular complexity index is 459. The van der Waals surface area contributed by atoms with Gasteiger partial charge in [0.2, 0.25) is 12.5 Å². The van der Waals surface area contributed by atoms with Crippen molar-refractivity contribution in [2.24, 2.45) is 11.7 Å². The van der Waals surface area contributed by atoms with Gasteiger partial charge in [0.05, 0.1) is 19.3 Å². The van der Waals surface area contributed by atoms with Crippen molar-refractivity contribution in [3.8, 4) is 17.2 Å². The molecule has 0 amide bonds. The van der Waals surface area contributed by atoms with Crippen molar-refractivity contribution in [1.29, 1.82) is 0 Å². The number of nitrogens with two attached hydrogens (primary N) is 1. The number of hydrogen-bond donors (Lipinski definition) is 2. The lowest BCUT2D eigenvalue weighted by Gasteiger charge is -2.19. The van der Waals surface area contributed by atoms with Crippen LogP contribution in [0.3, 0.4) is 0 Å². The Morgan fingerprint density at radius 2 is 2.17 bits per heavy atom. The molecule has 0 spiro atoms. The van der Waals surface area contributed by atoms with Gasteiger partial charge in [-0.3, -0.25) is 0 Å². The average Bonchev–Trinajstić information content (AvgIpc) is 3.13. The zero-order valence-electron chi connectivity index (χ0n) is 10.3. The normalized spacial score (nSPS) is 20.6. The Labute approximate surface area is 105 Å². The monoisotopic (exact) mass is 251 g/mol. The van der Waals surface area contributed by atoms with Gasteiger partial charge in [-0.15, -0.1) is 0 Å². The number of benzene rings is 1. The van der Waals surface area contributed by atoms with Crippen molar-refractivity contribution in [2.45, 2.75) is 25.0 Å². The highest BCUT2D eigenvalue weighted by molar-refractivity contribution is 5.55. The molecule has 2 aliphatic rings. The van der Waals surface area contributed by atoms with Gasteiger partial charge in [-0.05, 0) is 36.5 Å². The largest absolute Gasteiger partial charge is 0.493 e. The summed E-state index contributed by atoms with van der Waals surface area (Å²) in [4.78, 5) is 0. The fraction of sp³-hybridized carbons (Fsp3) is 0.538. The van der Waals surface area contributed by atoms with Crippen LogP contribution in [0.2, 0.25) is 0 Å². The molecule has 1 saturated carbocycles. The summed E-state index contributed by atoms with van der Waals surface area (Å²) in [6.07, 6.45) is 1.60. The van der Waals surface area contributed by atoms with Gasteiger partial charge in [0.15, 0.2) is 11.5 Å². The molecule has 0 bridgehead atoms. The zero-order valence-corrected chi connectivity index (χ0v) is 10.3. The fourth-order valence-corrected chi connectivity index (χ4v) is 2.27. The lowest BCUT2D eigenvalue weighted by atomic mass is 9.98. The van der Waals surface area contributed by atoms with Gasteiger partial charge >= 0.3 is 0 Å². The highest BCUT2D eigenvalue weighted by Gasteiger charge is 2.35. The number of fused-ring (bicyclic) bond motifs is 1. The lowest BCUT2D eigenvalue weighted by molar-refractivity contribution is 0.122. The van der Waals surface area contributed by atoms with E-state index in [-0.39, 0.29) is 6.79 Å². The van der Waals surface area contributed by atoms with E-state index >= 15 is 0 Å². The highest BCUT2D eigenvalue weighted by Crippen LogP contribution is 2.44. The first-order valence-electron chi connectivity index (χ1n) is 6.12. The number of aliphatic hydroxyl groups excluding tert-OH is 1. The second-order valence-electron chi connectivity index (χ2n) is 4.81. The van der Waals surface area contributed by atoms with Crippen molar-refractivity contribution in [2.75, 3.05) is 13.9 Å². The molecule has 1 aliphatic carbocycles. The van der Waals surface area contributed by atoms with Crippen LogP contribution in [0, 0.1) is 5.92 Å². The summed E-state index contributed by atoms with van der Waals surface area (Å²) >= 11 is 0. The van der Waals surface area contributed by atoms with Crippen LogP contribution in [-0.2, 0) is 0 Å². The molecule has 0 unspecified atom stereocenters. The minimum Gasteiger partial charge on any atom is -0.493 e. The van der Waals surface area contributed by atoms with Crippen LogP contribution >= 0.6 is 0 Å². The Hall–Kier alpha value is -1.46. The molecular formula is C13H17NO4. The van der Waals surface area contributed by atoms with Gasteiger partial charge in [-0.2, -0.15) is 0 Å². The van der Waals surface area contributed by atoms with Gasteiger partial charge in [0.25, 0.3) is 0 Å². The Balaban J connectivity index is 1.92. The number of methoxy groups -OCH3 is 1. The summed E-state index contributed by atoms with van der Waals surface area (Å²) < 4.78 is 15.9. The molecule has 1 aromatic rings. The number of rotatable bonds is 4. The van der Waals surface area contributed by atoms with Crippen LogP contribution < -0.4 is 19.9 Å². The lowest BCUT2D eigenvalue weighted by Crippen LogP contribution is -2.27. The van der Waals surface area contributed by atoms with E-state index < -0.39 is 12.1 Å². The predicted molar refractivity (Wildman–Crippen MR) is 64.8 cm³/mol. The summed E-state index contributed by atoms with van der Waals surface area (Å²) in [5.41, 5.74) is 6.91. The first-order chi connectivity index (χ1) is 8.70. The molecular weight excluding hydrogens is 234 g/mol. The smallest absolute Gasteiger partial charge is 0.231 e. The SMILES string of the molecule is COc1cc([C@H](N)[C@H](O)C2CC2)cc2c1OCO2. The maximum Gasteiger partial charge on any atom is 0.231 e. The van der Waals surface area contributed by atoms with E-state index in [1.807, 2.05) is 12.1 Å². The molecule has 1 aromatic carbocycles. The summed E-state index contributed by atoms with van der Waals surface area (Å²) in [6, 6.07) is 3.21. The van der Waals surface area contributed by atoms with E-state index in [0.29, 0.717) is 23.2 Å². The summed E-state index contributed by atoms with van der Waals surface area (Å²) in [5.74, 6) is 2.16. The van der Waals surface area contributed by atoms with Crippen LogP contribution in [0.4, 0.5) is 0 Å². The molecule has 5 heteroatoms. The molecule has 3 N–H and O–H groups in total.